The van der Waals surface area contributed by atoms with Crippen LogP contribution >= 0.6 is 31.9 Å². The number of nitrogens with zero attached hydrogens (tertiary/aromatic N) is 1. The summed E-state index contributed by atoms with van der Waals surface area (Å²) in [5.74, 6) is -0.679. The third-order valence-electron chi connectivity index (χ3n) is 4.48. The van der Waals surface area contributed by atoms with E-state index < -0.39 is 16.0 Å². The molecule has 33 heavy (non-hydrogen) atoms. The number of benzene rings is 3. The molecule has 0 unspecified atom stereocenters. The first-order valence-corrected chi connectivity index (χ1v) is 12.6. The van der Waals surface area contributed by atoms with Gasteiger partial charge < -0.3 is 9.50 Å². The number of aryl methyl sites for hydroxylation is 2. The van der Waals surface area contributed by atoms with Crippen molar-refractivity contribution in [3.63, 3.8) is 0 Å². The van der Waals surface area contributed by atoms with E-state index in [0.717, 1.165) is 11.1 Å². The maximum atomic E-state index is 12.8. The fraction of sp³-hybridized carbons (Fsp3) is 0.0833. The molecular formula is C24H18Br2N2O4S. The van der Waals surface area contributed by atoms with Crippen molar-refractivity contribution in [2.24, 2.45) is 0 Å². The smallest absolute Gasteiger partial charge is 0.339 e. The Balaban J connectivity index is 2.00. The first-order valence-electron chi connectivity index (χ1n) is 9.59. The van der Waals surface area contributed by atoms with Crippen LogP contribution in [0.1, 0.15) is 16.7 Å². The predicted octanol–water partition coefficient (Wildman–Crippen LogP) is 6.14. The van der Waals surface area contributed by atoms with Gasteiger partial charge in [-0.1, -0.05) is 45.8 Å². The summed E-state index contributed by atoms with van der Waals surface area (Å²) in [6.45, 7) is 3.73. The van der Waals surface area contributed by atoms with Gasteiger partial charge >= 0.3 is 10.1 Å². The first kappa shape index (κ1) is 24.7. The van der Waals surface area contributed by atoms with Crippen LogP contribution in [0.4, 0.5) is 5.69 Å². The number of halogens is 2. The molecule has 0 aliphatic heterocycles. The second-order valence-corrected chi connectivity index (χ2v) is 10.5. The molecule has 0 aliphatic carbocycles. The molecule has 0 heterocycles. The van der Waals surface area contributed by atoms with Crippen molar-refractivity contribution in [1.82, 2.24) is 0 Å². The zero-order valence-corrected chi connectivity index (χ0v) is 21.6. The largest absolute Gasteiger partial charge is 0.377 e. The molecular weight excluding hydrogens is 572 g/mol. The Labute approximate surface area is 209 Å². The highest BCUT2D eigenvalue weighted by Gasteiger charge is 2.22. The molecule has 0 aromatic heterocycles. The highest BCUT2D eigenvalue weighted by atomic mass is 79.9. The Hall–Kier alpha value is -2.93. The Bertz CT molecular complexity index is 1390. The van der Waals surface area contributed by atoms with Crippen LogP contribution in [0.3, 0.4) is 0 Å². The van der Waals surface area contributed by atoms with Crippen LogP contribution in [0.2, 0.25) is 0 Å². The lowest BCUT2D eigenvalue weighted by Gasteiger charge is -2.13. The Kier molecular flexibility index (Phi) is 7.74. The highest BCUT2D eigenvalue weighted by molar-refractivity contribution is 9.11. The molecule has 6 nitrogen and oxygen atoms in total. The fourth-order valence-corrected chi connectivity index (χ4v) is 5.28. The molecule has 1 amide bonds. The quantitative estimate of drug-likeness (QED) is 0.211. The van der Waals surface area contributed by atoms with E-state index in [1.165, 1.54) is 18.2 Å². The molecule has 0 radical (unpaired) electrons. The summed E-state index contributed by atoms with van der Waals surface area (Å²) < 4.78 is 32.0. The van der Waals surface area contributed by atoms with Gasteiger partial charge in [0.15, 0.2) is 5.75 Å². The van der Waals surface area contributed by atoms with Crippen LogP contribution in [0, 0.1) is 25.2 Å². The number of rotatable bonds is 6. The third-order valence-corrected chi connectivity index (χ3v) is 6.76. The third kappa shape index (κ3) is 6.32. The zero-order chi connectivity index (χ0) is 24.2. The van der Waals surface area contributed by atoms with Gasteiger partial charge in [-0.3, -0.25) is 4.79 Å². The van der Waals surface area contributed by atoms with Gasteiger partial charge in [-0.05, 0) is 77.8 Å². The highest BCUT2D eigenvalue weighted by Crippen LogP contribution is 2.36. The van der Waals surface area contributed by atoms with Gasteiger partial charge in [0.05, 0.1) is 4.47 Å². The lowest BCUT2D eigenvalue weighted by molar-refractivity contribution is -0.112. The molecule has 0 saturated carbocycles. The summed E-state index contributed by atoms with van der Waals surface area (Å²) in [6, 6.07) is 18.4. The van der Waals surface area contributed by atoms with Gasteiger partial charge in [-0.2, -0.15) is 13.7 Å². The molecule has 1 N–H and O–H groups in total. The van der Waals surface area contributed by atoms with E-state index >= 15 is 0 Å². The molecule has 0 fully saturated rings. The summed E-state index contributed by atoms with van der Waals surface area (Å²) in [4.78, 5) is 12.7. The van der Waals surface area contributed by atoms with Gasteiger partial charge in [-0.25, -0.2) is 0 Å². The van der Waals surface area contributed by atoms with E-state index in [-0.39, 0.29) is 21.8 Å². The molecule has 3 rings (SSSR count). The van der Waals surface area contributed by atoms with Gasteiger partial charge in [0.1, 0.15) is 16.5 Å². The fourth-order valence-electron chi connectivity index (χ4n) is 2.86. The van der Waals surface area contributed by atoms with Crippen molar-refractivity contribution in [2.45, 2.75) is 18.7 Å². The van der Waals surface area contributed by atoms with Crippen LogP contribution in [0.15, 0.2) is 80.1 Å². The maximum absolute atomic E-state index is 12.8. The lowest BCUT2D eigenvalue weighted by atomic mass is 10.1. The second kappa shape index (κ2) is 10.3. The lowest BCUT2D eigenvalue weighted by Crippen LogP contribution is -2.14. The summed E-state index contributed by atoms with van der Waals surface area (Å²) in [7, 11) is -4.16. The molecule has 9 heteroatoms. The van der Waals surface area contributed by atoms with Crippen LogP contribution < -0.4 is 9.50 Å². The Morgan fingerprint density at radius 1 is 1.03 bits per heavy atom. The number of amides is 1. The first-order chi connectivity index (χ1) is 15.6. The minimum atomic E-state index is -4.16. The average Bonchev–Trinajstić information content (AvgIpc) is 2.74. The minimum Gasteiger partial charge on any atom is -0.377 e. The number of nitrogens with one attached hydrogen (secondary N) is 1. The van der Waals surface area contributed by atoms with Crippen molar-refractivity contribution in [1.29, 1.82) is 5.26 Å². The summed E-state index contributed by atoms with van der Waals surface area (Å²) >= 11 is 6.66. The summed E-state index contributed by atoms with van der Waals surface area (Å²) in [5, 5.41) is 12.3. The molecule has 0 atom stereocenters. The van der Waals surface area contributed by atoms with E-state index in [1.54, 1.807) is 42.5 Å². The number of hydrogen-bond acceptors (Lipinski definition) is 5. The molecule has 0 saturated heterocycles. The van der Waals surface area contributed by atoms with E-state index in [4.69, 9.17) is 4.18 Å². The molecule has 0 aliphatic rings. The number of carbonyl (C=O) groups excluding carboxylic acids is 1. The predicted molar refractivity (Wildman–Crippen MR) is 134 cm³/mol. The summed E-state index contributed by atoms with van der Waals surface area (Å²) in [5.41, 5.74) is 2.39. The monoisotopic (exact) mass is 588 g/mol. The topological polar surface area (TPSA) is 96.3 Å². The molecule has 0 bridgehead atoms. The van der Waals surface area contributed by atoms with E-state index in [1.807, 2.05) is 26.0 Å². The number of anilines is 1. The van der Waals surface area contributed by atoms with E-state index in [9.17, 15) is 18.5 Å². The number of nitriles is 1. The average molecular weight is 590 g/mol. The number of carbonyl (C=O) groups is 1. The van der Waals surface area contributed by atoms with Crippen molar-refractivity contribution in [3.8, 4) is 11.8 Å². The van der Waals surface area contributed by atoms with Crippen LogP contribution in [0.25, 0.3) is 6.08 Å². The van der Waals surface area contributed by atoms with Crippen molar-refractivity contribution in [2.75, 3.05) is 5.32 Å². The van der Waals surface area contributed by atoms with Crippen molar-refractivity contribution < 1.29 is 17.4 Å². The van der Waals surface area contributed by atoms with E-state index in [2.05, 4.69) is 37.2 Å². The van der Waals surface area contributed by atoms with Crippen LogP contribution in [0.5, 0.6) is 5.75 Å². The van der Waals surface area contributed by atoms with E-state index in [0.29, 0.717) is 14.6 Å². The van der Waals surface area contributed by atoms with Gasteiger partial charge in [0.2, 0.25) is 0 Å². The second-order valence-electron chi connectivity index (χ2n) is 7.15. The normalized spacial score (nSPS) is 11.5. The maximum Gasteiger partial charge on any atom is 0.339 e. The Morgan fingerprint density at radius 3 is 2.36 bits per heavy atom. The SMILES string of the molecule is Cc1ccc(S(=O)(=O)Oc2c(Br)cc(Br)cc2/C=C(\C#N)C(=O)Nc2cccc(C)c2)cc1. The van der Waals surface area contributed by atoms with Gasteiger partial charge in [0.25, 0.3) is 5.91 Å². The summed E-state index contributed by atoms with van der Waals surface area (Å²) in [6.07, 6.45) is 1.28. The molecule has 168 valence electrons. The van der Waals surface area contributed by atoms with Gasteiger partial charge in [-0.15, -0.1) is 0 Å². The van der Waals surface area contributed by atoms with Crippen molar-refractivity contribution in [3.05, 3.63) is 91.9 Å². The molecule has 0 spiro atoms. The molecule has 3 aromatic carbocycles. The van der Waals surface area contributed by atoms with Crippen molar-refractivity contribution >= 4 is 59.6 Å². The van der Waals surface area contributed by atoms with Crippen LogP contribution in [-0.4, -0.2) is 14.3 Å². The number of hydrogen-bond donors (Lipinski definition) is 1. The molecule has 3 aromatic rings. The standard InChI is InChI=1S/C24H18Br2N2O4S/c1-15-6-8-21(9-7-15)33(30,31)32-23-17(12-19(25)13-22(23)26)11-18(14-27)24(29)28-20-5-3-4-16(2)10-20/h3-13H,1-2H3,(H,28,29)/b18-11+. The zero-order valence-electron chi connectivity index (χ0n) is 17.6. The minimum absolute atomic E-state index is 0.0180. The Morgan fingerprint density at radius 2 is 1.73 bits per heavy atom. The van der Waals surface area contributed by atoms with Crippen LogP contribution in [-0.2, 0) is 14.9 Å². The van der Waals surface area contributed by atoms with Gasteiger partial charge in [0, 0.05) is 15.7 Å².